The van der Waals surface area contributed by atoms with Crippen molar-refractivity contribution in [2.45, 2.75) is 16.4 Å². The van der Waals surface area contributed by atoms with Gasteiger partial charge in [-0.3, -0.25) is 9.59 Å². The van der Waals surface area contributed by atoms with E-state index in [0.29, 0.717) is 0 Å². The highest BCUT2D eigenvalue weighted by Crippen LogP contribution is 2.34. The molecule has 0 amide bonds. The quantitative estimate of drug-likeness (QED) is 0.616. The first-order valence-corrected chi connectivity index (χ1v) is 9.39. The van der Waals surface area contributed by atoms with E-state index >= 15 is 0 Å². The van der Waals surface area contributed by atoms with Crippen molar-refractivity contribution in [3.05, 3.63) is 48.0 Å². The second-order valence-electron chi connectivity index (χ2n) is 4.95. The lowest BCUT2D eigenvalue weighted by molar-refractivity contribution is -0.140. The molecule has 0 aromatic heterocycles. The van der Waals surface area contributed by atoms with Gasteiger partial charge >= 0.3 is 11.9 Å². The molecule has 23 heavy (non-hydrogen) atoms. The Morgan fingerprint density at radius 3 is 2.26 bits per heavy atom. The number of allylic oxidation sites excluding steroid dienone is 1. The lowest BCUT2D eigenvalue weighted by Gasteiger charge is -2.22. The third-order valence-electron chi connectivity index (χ3n) is 3.55. The normalized spacial score (nSPS) is 26.3. The molecule has 3 atom stereocenters. The molecule has 1 aliphatic rings. The standard InChI is InChI=1S/C17H20O4S2/c1-20-16(18)14-9-8-13(12-6-4-3-5-7-12)15(17(19)21-2)23-11-10-22-14/h3-9,13-15H,10-11H2,1-2H3/b9-8+/t13-,14+,15-/m0/s1. The molecule has 0 saturated heterocycles. The smallest absolute Gasteiger partial charge is 0.322 e. The van der Waals surface area contributed by atoms with Gasteiger partial charge in [0, 0.05) is 17.4 Å². The van der Waals surface area contributed by atoms with E-state index in [9.17, 15) is 9.59 Å². The number of carbonyl (C=O) groups is 2. The van der Waals surface area contributed by atoms with Gasteiger partial charge in [0.25, 0.3) is 0 Å². The average Bonchev–Trinajstić information content (AvgIpc) is 2.71. The van der Waals surface area contributed by atoms with Crippen LogP contribution in [0, 0.1) is 0 Å². The molecule has 0 fully saturated rings. The third kappa shape index (κ3) is 4.78. The number of carbonyl (C=O) groups excluding carboxylic acids is 2. The minimum atomic E-state index is -0.344. The zero-order valence-corrected chi connectivity index (χ0v) is 14.8. The maximum absolute atomic E-state index is 12.2. The van der Waals surface area contributed by atoms with Crippen LogP contribution in [-0.4, -0.2) is 48.2 Å². The zero-order valence-electron chi connectivity index (χ0n) is 13.1. The number of ether oxygens (including phenoxy) is 2. The van der Waals surface area contributed by atoms with Crippen molar-refractivity contribution in [2.24, 2.45) is 0 Å². The molecule has 6 heteroatoms. The number of hydrogen-bond donors (Lipinski definition) is 0. The van der Waals surface area contributed by atoms with Gasteiger partial charge in [-0.25, -0.2) is 0 Å². The molecule has 1 aromatic carbocycles. The van der Waals surface area contributed by atoms with E-state index in [2.05, 4.69) is 0 Å². The molecule has 0 radical (unpaired) electrons. The van der Waals surface area contributed by atoms with Crippen molar-refractivity contribution in [3.63, 3.8) is 0 Å². The molecule has 1 heterocycles. The summed E-state index contributed by atoms with van der Waals surface area (Å²) in [5.74, 6) is 0.890. The molecule has 0 spiro atoms. The Hall–Kier alpha value is -1.40. The van der Waals surface area contributed by atoms with Crippen LogP contribution in [0.3, 0.4) is 0 Å². The number of methoxy groups -OCH3 is 2. The van der Waals surface area contributed by atoms with E-state index in [1.807, 2.05) is 42.5 Å². The number of esters is 2. The van der Waals surface area contributed by atoms with Crippen LogP contribution in [0.2, 0.25) is 0 Å². The van der Waals surface area contributed by atoms with E-state index in [4.69, 9.17) is 9.47 Å². The van der Waals surface area contributed by atoms with Crippen molar-refractivity contribution >= 4 is 35.5 Å². The van der Waals surface area contributed by atoms with Gasteiger partial charge in [0.1, 0.15) is 10.5 Å². The van der Waals surface area contributed by atoms with E-state index in [1.165, 1.54) is 26.0 Å². The van der Waals surface area contributed by atoms with Crippen LogP contribution in [0.1, 0.15) is 11.5 Å². The highest BCUT2D eigenvalue weighted by Gasteiger charge is 2.31. The van der Waals surface area contributed by atoms with Gasteiger partial charge in [0.05, 0.1) is 14.2 Å². The van der Waals surface area contributed by atoms with Crippen molar-refractivity contribution in [2.75, 3.05) is 25.7 Å². The van der Waals surface area contributed by atoms with Crippen molar-refractivity contribution < 1.29 is 19.1 Å². The fourth-order valence-electron chi connectivity index (χ4n) is 2.39. The minimum absolute atomic E-state index is 0.139. The summed E-state index contributed by atoms with van der Waals surface area (Å²) in [6, 6.07) is 9.81. The molecule has 0 bridgehead atoms. The molecule has 124 valence electrons. The van der Waals surface area contributed by atoms with Crippen LogP contribution in [0.4, 0.5) is 0 Å². The maximum Gasteiger partial charge on any atom is 0.322 e. The Balaban J connectivity index is 2.35. The average molecular weight is 352 g/mol. The number of benzene rings is 1. The fraction of sp³-hybridized carbons (Fsp3) is 0.412. The fourth-order valence-corrected chi connectivity index (χ4v) is 4.78. The Kier molecular flexibility index (Phi) is 7.05. The molecule has 1 aliphatic heterocycles. The summed E-state index contributed by atoms with van der Waals surface area (Å²) in [6.45, 7) is 0. The number of rotatable bonds is 3. The lowest BCUT2D eigenvalue weighted by atomic mass is 9.94. The molecule has 0 aliphatic carbocycles. The van der Waals surface area contributed by atoms with Crippen LogP contribution in [0.15, 0.2) is 42.5 Å². The first kappa shape index (κ1) is 17.9. The summed E-state index contributed by atoms with van der Waals surface area (Å²) in [6.07, 6.45) is 3.78. The highest BCUT2D eigenvalue weighted by atomic mass is 32.2. The van der Waals surface area contributed by atoms with Gasteiger partial charge in [-0.1, -0.05) is 42.5 Å². The van der Waals surface area contributed by atoms with Crippen LogP contribution in [-0.2, 0) is 19.1 Å². The molecule has 1 aromatic rings. The molecule has 4 nitrogen and oxygen atoms in total. The largest absolute Gasteiger partial charge is 0.468 e. The monoisotopic (exact) mass is 352 g/mol. The Morgan fingerprint density at radius 2 is 1.61 bits per heavy atom. The predicted octanol–water partition coefficient (Wildman–Crippen LogP) is 2.89. The summed E-state index contributed by atoms with van der Waals surface area (Å²) < 4.78 is 9.84. The topological polar surface area (TPSA) is 52.6 Å². The van der Waals surface area contributed by atoms with Gasteiger partial charge in [0.2, 0.25) is 0 Å². The van der Waals surface area contributed by atoms with E-state index in [0.717, 1.165) is 17.1 Å². The van der Waals surface area contributed by atoms with E-state index in [1.54, 1.807) is 11.8 Å². The SMILES string of the molecule is COC(=O)[C@H]1SCCS[C@@H](C(=O)OC)/C=C/[C@H]1c1ccccc1. The second-order valence-corrected chi connectivity index (χ2v) is 7.45. The molecule has 0 saturated carbocycles. The second kappa shape index (κ2) is 9.03. The minimum Gasteiger partial charge on any atom is -0.468 e. The highest BCUT2D eigenvalue weighted by molar-refractivity contribution is 8.04. The molecular weight excluding hydrogens is 332 g/mol. The number of hydrogen-bond acceptors (Lipinski definition) is 6. The third-order valence-corrected chi connectivity index (χ3v) is 6.24. The summed E-state index contributed by atoms with van der Waals surface area (Å²) >= 11 is 3.10. The molecule has 2 rings (SSSR count). The van der Waals surface area contributed by atoms with Gasteiger partial charge in [-0.05, 0) is 5.56 Å². The van der Waals surface area contributed by atoms with Crippen molar-refractivity contribution in [1.29, 1.82) is 0 Å². The van der Waals surface area contributed by atoms with Gasteiger partial charge < -0.3 is 9.47 Å². The maximum atomic E-state index is 12.2. The Labute approximate surface area is 145 Å². The van der Waals surface area contributed by atoms with Gasteiger partial charge in [-0.15, -0.1) is 23.5 Å². The van der Waals surface area contributed by atoms with Crippen molar-refractivity contribution in [1.82, 2.24) is 0 Å². The van der Waals surface area contributed by atoms with Crippen LogP contribution >= 0.6 is 23.5 Å². The van der Waals surface area contributed by atoms with Crippen LogP contribution in [0.25, 0.3) is 0 Å². The lowest BCUT2D eigenvalue weighted by Crippen LogP contribution is -2.26. The van der Waals surface area contributed by atoms with Crippen LogP contribution < -0.4 is 0 Å². The molecule has 0 unspecified atom stereocenters. The summed E-state index contributed by atoms with van der Waals surface area (Å²) in [4.78, 5) is 24.1. The van der Waals surface area contributed by atoms with Gasteiger partial charge in [-0.2, -0.15) is 0 Å². The first-order chi connectivity index (χ1) is 11.2. The Morgan fingerprint density at radius 1 is 0.957 bits per heavy atom. The predicted molar refractivity (Wildman–Crippen MR) is 94.8 cm³/mol. The van der Waals surface area contributed by atoms with E-state index in [-0.39, 0.29) is 28.4 Å². The van der Waals surface area contributed by atoms with Crippen LogP contribution in [0.5, 0.6) is 0 Å². The Bertz CT molecular complexity index is 559. The summed E-state index contributed by atoms with van der Waals surface area (Å²) in [7, 11) is 2.80. The summed E-state index contributed by atoms with van der Waals surface area (Å²) in [5.41, 5.74) is 1.03. The first-order valence-electron chi connectivity index (χ1n) is 7.29. The van der Waals surface area contributed by atoms with Crippen molar-refractivity contribution in [3.8, 4) is 0 Å². The van der Waals surface area contributed by atoms with Gasteiger partial charge in [0.15, 0.2) is 0 Å². The molecular formula is C17H20O4S2. The summed E-state index contributed by atoms with van der Waals surface area (Å²) in [5, 5.41) is -0.668. The molecule has 0 N–H and O–H groups in total. The van der Waals surface area contributed by atoms with E-state index < -0.39 is 0 Å². The number of thioether (sulfide) groups is 2. The zero-order chi connectivity index (χ0) is 16.7.